The average Bonchev–Trinajstić information content (AvgIpc) is 1.83. The summed E-state index contributed by atoms with van der Waals surface area (Å²) in [5.41, 5.74) is 0. The van der Waals surface area contributed by atoms with Crippen molar-refractivity contribution in [1.82, 2.24) is 0 Å². The highest BCUT2D eigenvalue weighted by Crippen LogP contribution is 2.07. The van der Waals surface area contributed by atoms with Crippen molar-refractivity contribution in [3.63, 3.8) is 0 Å². The Morgan fingerprint density at radius 1 is 1.50 bits per heavy atom. The van der Waals surface area contributed by atoms with Crippen LogP contribution in [0.4, 0.5) is 0 Å². The molecule has 0 saturated heterocycles. The van der Waals surface area contributed by atoms with Crippen molar-refractivity contribution in [1.29, 1.82) is 0 Å². The Labute approximate surface area is 51.7 Å². The van der Waals surface area contributed by atoms with Crippen LogP contribution in [0.1, 0.15) is 33.1 Å². The van der Waals surface area contributed by atoms with Crippen LogP contribution in [0, 0.1) is 5.92 Å². The molecule has 50 valence electrons. The molecule has 0 aromatic carbocycles. The van der Waals surface area contributed by atoms with Gasteiger partial charge in [-0.3, -0.25) is 0 Å². The zero-order chi connectivity index (χ0) is 6.41. The summed E-state index contributed by atoms with van der Waals surface area (Å²) in [6.07, 6.45) is 3.38. The fraction of sp³-hybridized carbons (Fsp3) is 1.00. The monoisotopic (exact) mass is 116 g/mol. The lowest BCUT2D eigenvalue weighted by atomic mass is 10.0. The van der Waals surface area contributed by atoms with E-state index in [1.54, 1.807) is 0 Å². The van der Waals surface area contributed by atoms with Crippen LogP contribution in [0.2, 0.25) is 0 Å². The van der Waals surface area contributed by atoms with Gasteiger partial charge in [0.15, 0.2) is 0 Å². The first kappa shape index (κ1) is 7.96. The quantitative estimate of drug-likeness (QED) is 0.594. The molecule has 0 aliphatic heterocycles. The SMILES string of the molecule is CCC(C)CCCO. The maximum absolute atomic E-state index is 8.41. The summed E-state index contributed by atoms with van der Waals surface area (Å²) in [5, 5.41) is 8.41. The third kappa shape index (κ3) is 4.13. The summed E-state index contributed by atoms with van der Waals surface area (Å²) < 4.78 is 0. The number of hydrogen-bond acceptors (Lipinski definition) is 1. The van der Waals surface area contributed by atoms with Gasteiger partial charge < -0.3 is 5.11 Å². The molecule has 0 spiro atoms. The Kier molecular flexibility index (Phi) is 5.08. The van der Waals surface area contributed by atoms with Crippen molar-refractivity contribution in [2.24, 2.45) is 5.92 Å². The molecule has 1 atom stereocenters. The van der Waals surface area contributed by atoms with Crippen molar-refractivity contribution in [2.45, 2.75) is 33.1 Å². The Balaban J connectivity index is 2.86. The standard InChI is InChI=1S/C7H16O/c1-3-7(2)5-4-6-8/h7-8H,3-6H2,1-2H3. The third-order valence-corrected chi connectivity index (χ3v) is 1.55. The average molecular weight is 116 g/mol. The summed E-state index contributed by atoms with van der Waals surface area (Å²) in [5.74, 6) is 0.794. The lowest BCUT2D eigenvalue weighted by molar-refractivity contribution is 0.273. The summed E-state index contributed by atoms with van der Waals surface area (Å²) in [7, 11) is 0. The minimum absolute atomic E-state index is 0.352. The van der Waals surface area contributed by atoms with E-state index in [0.717, 1.165) is 12.3 Å². The fourth-order valence-corrected chi connectivity index (χ4v) is 0.644. The van der Waals surface area contributed by atoms with Gasteiger partial charge in [0.05, 0.1) is 0 Å². The molecule has 0 aliphatic carbocycles. The van der Waals surface area contributed by atoms with Crippen LogP contribution in [0.5, 0.6) is 0 Å². The number of hydrogen-bond donors (Lipinski definition) is 1. The van der Waals surface area contributed by atoms with E-state index in [0.29, 0.717) is 6.61 Å². The van der Waals surface area contributed by atoms with Crippen molar-refractivity contribution < 1.29 is 5.11 Å². The molecular weight excluding hydrogens is 100 g/mol. The van der Waals surface area contributed by atoms with Gasteiger partial charge in [-0.2, -0.15) is 0 Å². The lowest BCUT2D eigenvalue weighted by Gasteiger charge is -2.04. The largest absolute Gasteiger partial charge is 0.396 e. The van der Waals surface area contributed by atoms with Gasteiger partial charge in [-0.25, -0.2) is 0 Å². The second kappa shape index (κ2) is 5.10. The predicted octanol–water partition coefficient (Wildman–Crippen LogP) is 1.81. The molecule has 0 aromatic heterocycles. The van der Waals surface area contributed by atoms with Gasteiger partial charge >= 0.3 is 0 Å². The van der Waals surface area contributed by atoms with E-state index in [9.17, 15) is 0 Å². The molecule has 1 heteroatoms. The highest BCUT2D eigenvalue weighted by atomic mass is 16.2. The van der Waals surface area contributed by atoms with Crippen LogP contribution in [0.3, 0.4) is 0 Å². The zero-order valence-electron chi connectivity index (χ0n) is 5.85. The van der Waals surface area contributed by atoms with Crippen LogP contribution in [0.25, 0.3) is 0 Å². The van der Waals surface area contributed by atoms with Gasteiger partial charge in [0.2, 0.25) is 0 Å². The highest BCUT2D eigenvalue weighted by Gasteiger charge is 1.95. The van der Waals surface area contributed by atoms with Gasteiger partial charge in [0.25, 0.3) is 0 Å². The summed E-state index contributed by atoms with van der Waals surface area (Å²) in [4.78, 5) is 0. The molecule has 1 N–H and O–H groups in total. The normalized spacial score (nSPS) is 13.9. The van der Waals surface area contributed by atoms with Crippen molar-refractivity contribution in [3.05, 3.63) is 0 Å². The fourth-order valence-electron chi connectivity index (χ4n) is 0.644. The molecular formula is C7H16O. The van der Waals surface area contributed by atoms with E-state index < -0.39 is 0 Å². The topological polar surface area (TPSA) is 20.2 Å². The van der Waals surface area contributed by atoms with Crippen molar-refractivity contribution in [3.8, 4) is 0 Å². The maximum atomic E-state index is 8.41. The molecule has 0 amide bonds. The minimum Gasteiger partial charge on any atom is -0.396 e. The van der Waals surface area contributed by atoms with Crippen LogP contribution in [-0.2, 0) is 0 Å². The first-order valence-corrected chi connectivity index (χ1v) is 3.42. The van der Waals surface area contributed by atoms with Crippen LogP contribution >= 0.6 is 0 Å². The number of rotatable bonds is 4. The van der Waals surface area contributed by atoms with Gasteiger partial charge in [-0.1, -0.05) is 20.3 Å². The summed E-state index contributed by atoms with van der Waals surface area (Å²) in [6.45, 7) is 4.75. The van der Waals surface area contributed by atoms with E-state index in [4.69, 9.17) is 5.11 Å². The third-order valence-electron chi connectivity index (χ3n) is 1.55. The van der Waals surface area contributed by atoms with Crippen LogP contribution in [-0.4, -0.2) is 11.7 Å². The highest BCUT2D eigenvalue weighted by molar-refractivity contribution is 4.47. The smallest absolute Gasteiger partial charge is 0.0431 e. The Hall–Kier alpha value is -0.0400. The molecule has 0 aliphatic rings. The summed E-state index contributed by atoms with van der Waals surface area (Å²) >= 11 is 0. The second-order valence-corrected chi connectivity index (χ2v) is 2.38. The minimum atomic E-state index is 0.352. The van der Waals surface area contributed by atoms with Crippen molar-refractivity contribution in [2.75, 3.05) is 6.61 Å². The van der Waals surface area contributed by atoms with Gasteiger partial charge in [-0.15, -0.1) is 0 Å². The molecule has 1 unspecified atom stereocenters. The molecule has 0 radical (unpaired) electrons. The first-order valence-electron chi connectivity index (χ1n) is 3.42. The summed E-state index contributed by atoms with van der Waals surface area (Å²) in [6, 6.07) is 0. The lowest BCUT2D eigenvalue weighted by Crippen LogP contribution is -1.93. The predicted molar refractivity (Wildman–Crippen MR) is 35.8 cm³/mol. The molecule has 8 heavy (non-hydrogen) atoms. The van der Waals surface area contributed by atoms with E-state index in [-0.39, 0.29) is 0 Å². The van der Waals surface area contributed by atoms with Crippen LogP contribution < -0.4 is 0 Å². The van der Waals surface area contributed by atoms with E-state index >= 15 is 0 Å². The molecule has 1 nitrogen and oxygen atoms in total. The Morgan fingerprint density at radius 2 is 2.12 bits per heavy atom. The molecule has 0 aromatic rings. The molecule has 0 rings (SSSR count). The second-order valence-electron chi connectivity index (χ2n) is 2.38. The van der Waals surface area contributed by atoms with E-state index in [1.165, 1.54) is 12.8 Å². The van der Waals surface area contributed by atoms with Gasteiger partial charge in [-0.05, 0) is 18.8 Å². The number of aliphatic hydroxyl groups is 1. The Morgan fingerprint density at radius 3 is 2.50 bits per heavy atom. The van der Waals surface area contributed by atoms with Gasteiger partial charge in [0, 0.05) is 6.61 Å². The first-order chi connectivity index (χ1) is 3.81. The van der Waals surface area contributed by atoms with Crippen molar-refractivity contribution >= 4 is 0 Å². The molecule has 0 saturated carbocycles. The maximum Gasteiger partial charge on any atom is 0.0431 e. The molecule has 0 fully saturated rings. The molecule has 0 heterocycles. The zero-order valence-corrected chi connectivity index (χ0v) is 5.85. The number of aliphatic hydroxyl groups excluding tert-OH is 1. The Bertz CT molecular complexity index is 43.7. The van der Waals surface area contributed by atoms with E-state index in [1.807, 2.05) is 0 Å². The molecule has 0 bridgehead atoms. The van der Waals surface area contributed by atoms with E-state index in [2.05, 4.69) is 13.8 Å². The van der Waals surface area contributed by atoms with Gasteiger partial charge in [0.1, 0.15) is 0 Å². The van der Waals surface area contributed by atoms with Crippen LogP contribution in [0.15, 0.2) is 0 Å².